The third-order valence-electron chi connectivity index (χ3n) is 9.86. The van der Waals surface area contributed by atoms with E-state index in [4.69, 9.17) is 23.8 Å². The van der Waals surface area contributed by atoms with Crippen molar-refractivity contribution in [3.63, 3.8) is 0 Å². The highest BCUT2D eigenvalue weighted by atomic mass is 16.3. The van der Waals surface area contributed by atoms with Crippen LogP contribution < -0.4 is 0 Å². The molecule has 0 saturated heterocycles. The molecule has 6 nitrogen and oxygen atoms in total. The van der Waals surface area contributed by atoms with Gasteiger partial charge < -0.3 is 13.4 Å². The topological polar surface area (TPSA) is 69.9 Å². The summed E-state index contributed by atoms with van der Waals surface area (Å²) in [6, 6.07) is 54.0. The third kappa shape index (κ3) is 4.26. The second kappa shape index (κ2) is 10.7. The van der Waals surface area contributed by atoms with E-state index in [-0.39, 0.29) is 0 Å². The Morgan fingerprint density at radius 2 is 1.00 bits per heavy atom. The van der Waals surface area contributed by atoms with Crippen molar-refractivity contribution in [3.05, 3.63) is 158 Å². The quantitative estimate of drug-likeness (QED) is 0.189. The Labute approximate surface area is 290 Å². The standard InChI is InChI=1S/C45H26N4O2/c1-2-11-27(12-3-1)43-46-44(48-45(47-43)35-17-10-16-34-32-15-6-9-20-39(32)51-42(34)35)28-21-23-33-36-26-29(22-24-40(36)50-41(33)25-28)49-37-18-7-4-13-30(37)31-14-5-8-19-38(31)49/h1-26H. The van der Waals surface area contributed by atoms with E-state index in [1.807, 2.05) is 66.7 Å². The normalized spacial score (nSPS) is 11.9. The molecule has 4 heterocycles. The minimum absolute atomic E-state index is 0.545. The van der Waals surface area contributed by atoms with Gasteiger partial charge in [0.2, 0.25) is 0 Å². The predicted octanol–water partition coefficient (Wildman–Crippen LogP) is 11.8. The van der Waals surface area contributed by atoms with Crippen molar-refractivity contribution in [2.45, 2.75) is 0 Å². The molecule has 0 aliphatic rings. The van der Waals surface area contributed by atoms with Crippen LogP contribution in [0.15, 0.2) is 167 Å². The summed E-state index contributed by atoms with van der Waals surface area (Å²) in [4.78, 5) is 15.0. The van der Waals surface area contributed by atoms with Crippen molar-refractivity contribution in [1.82, 2.24) is 19.5 Å². The van der Waals surface area contributed by atoms with Crippen LogP contribution in [-0.2, 0) is 0 Å². The summed E-state index contributed by atoms with van der Waals surface area (Å²) in [5, 5.41) is 6.63. The highest BCUT2D eigenvalue weighted by molar-refractivity contribution is 6.11. The zero-order valence-electron chi connectivity index (χ0n) is 27.1. The minimum Gasteiger partial charge on any atom is -0.456 e. The maximum Gasteiger partial charge on any atom is 0.167 e. The summed E-state index contributed by atoms with van der Waals surface area (Å²) in [7, 11) is 0. The maximum atomic E-state index is 6.49. The Balaban J connectivity index is 1.08. The molecule has 0 saturated carbocycles. The maximum absolute atomic E-state index is 6.49. The fourth-order valence-electron chi connectivity index (χ4n) is 7.51. The molecule has 4 aromatic heterocycles. The van der Waals surface area contributed by atoms with Gasteiger partial charge in [0, 0.05) is 49.1 Å². The van der Waals surface area contributed by atoms with Crippen LogP contribution in [0.3, 0.4) is 0 Å². The van der Waals surface area contributed by atoms with Crippen LogP contribution in [0.5, 0.6) is 0 Å². The van der Waals surface area contributed by atoms with Gasteiger partial charge in [-0.05, 0) is 54.6 Å². The summed E-state index contributed by atoms with van der Waals surface area (Å²) >= 11 is 0. The lowest BCUT2D eigenvalue weighted by atomic mass is 10.1. The molecule has 0 fully saturated rings. The van der Waals surface area contributed by atoms with E-state index in [0.717, 1.165) is 66.3 Å². The number of para-hydroxylation sites is 4. The molecule has 0 amide bonds. The Kier molecular flexibility index (Phi) is 5.86. The highest BCUT2D eigenvalue weighted by Crippen LogP contribution is 2.38. The van der Waals surface area contributed by atoms with Gasteiger partial charge in [-0.1, -0.05) is 103 Å². The van der Waals surface area contributed by atoms with Crippen LogP contribution in [0.25, 0.3) is 106 Å². The Morgan fingerprint density at radius 1 is 0.373 bits per heavy atom. The van der Waals surface area contributed by atoms with E-state index < -0.39 is 0 Å². The molecule has 11 rings (SSSR count). The summed E-state index contributed by atoms with van der Waals surface area (Å²) in [5.41, 5.74) is 9.15. The molecule has 0 unspecified atom stereocenters. The molecule has 0 N–H and O–H groups in total. The first-order chi connectivity index (χ1) is 25.3. The van der Waals surface area contributed by atoms with E-state index in [0.29, 0.717) is 17.5 Å². The molecule has 6 heteroatoms. The zero-order chi connectivity index (χ0) is 33.5. The molecule has 0 aliphatic heterocycles. The predicted molar refractivity (Wildman–Crippen MR) is 205 cm³/mol. The van der Waals surface area contributed by atoms with Gasteiger partial charge in [0.05, 0.1) is 16.6 Å². The fourth-order valence-corrected chi connectivity index (χ4v) is 7.51. The fraction of sp³-hybridized carbons (Fsp3) is 0. The summed E-state index contributed by atoms with van der Waals surface area (Å²) in [6.07, 6.45) is 0. The zero-order valence-corrected chi connectivity index (χ0v) is 27.1. The van der Waals surface area contributed by atoms with Gasteiger partial charge in [-0.15, -0.1) is 0 Å². The first-order valence-electron chi connectivity index (χ1n) is 16.9. The van der Waals surface area contributed by atoms with Crippen molar-refractivity contribution in [2.24, 2.45) is 0 Å². The van der Waals surface area contributed by atoms with Crippen LogP contribution >= 0.6 is 0 Å². The van der Waals surface area contributed by atoms with Crippen molar-refractivity contribution >= 4 is 65.7 Å². The average molecular weight is 655 g/mol. The SMILES string of the molecule is c1ccc(-c2nc(-c3ccc4c(c3)oc3ccc(-n5c6ccccc6c6ccccc65)cc34)nc(-c3cccc4c3oc3ccccc34)n2)cc1. The monoisotopic (exact) mass is 654 g/mol. The minimum atomic E-state index is 0.545. The Bertz CT molecular complexity index is 3100. The van der Waals surface area contributed by atoms with Gasteiger partial charge in [0.1, 0.15) is 22.3 Å². The lowest BCUT2D eigenvalue weighted by molar-refractivity contribution is 0.668. The van der Waals surface area contributed by atoms with Crippen LogP contribution in [0.1, 0.15) is 0 Å². The van der Waals surface area contributed by atoms with Gasteiger partial charge in [-0.25, -0.2) is 15.0 Å². The number of rotatable bonds is 4. The van der Waals surface area contributed by atoms with E-state index in [1.54, 1.807) is 0 Å². The smallest absolute Gasteiger partial charge is 0.167 e. The second-order valence-electron chi connectivity index (χ2n) is 12.8. The lowest BCUT2D eigenvalue weighted by Crippen LogP contribution is -2.00. The first-order valence-corrected chi connectivity index (χ1v) is 16.9. The molecular weight excluding hydrogens is 629 g/mol. The molecule has 238 valence electrons. The molecule has 0 radical (unpaired) electrons. The van der Waals surface area contributed by atoms with Gasteiger partial charge in [0.25, 0.3) is 0 Å². The number of benzene rings is 7. The first kappa shape index (κ1) is 27.9. The van der Waals surface area contributed by atoms with Crippen molar-refractivity contribution in [3.8, 4) is 39.9 Å². The second-order valence-corrected chi connectivity index (χ2v) is 12.8. The Hall–Kier alpha value is -7.05. The van der Waals surface area contributed by atoms with Gasteiger partial charge in [-0.2, -0.15) is 0 Å². The van der Waals surface area contributed by atoms with Crippen molar-refractivity contribution in [1.29, 1.82) is 0 Å². The average Bonchev–Trinajstić information content (AvgIpc) is 3.87. The third-order valence-corrected chi connectivity index (χ3v) is 9.86. The molecule has 11 aromatic rings. The number of fused-ring (bicyclic) bond motifs is 9. The molecule has 0 aliphatic carbocycles. The summed E-state index contributed by atoms with van der Waals surface area (Å²) < 4.78 is 15.2. The van der Waals surface area contributed by atoms with E-state index in [9.17, 15) is 0 Å². The van der Waals surface area contributed by atoms with Crippen LogP contribution in [0.4, 0.5) is 0 Å². The number of hydrogen-bond acceptors (Lipinski definition) is 5. The summed E-state index contributed by atoms with van der Waals surface area (Å²) in [5.74, 6) is 1.69. The van der Waals surface area contributed by atoms with Crippen molar-refractivity contribution in [2.75, 3.05) is 0 Å². The summed E-state index contributed by atoms with van der Waals surface area (Å²) in [6.45, 7) is 0. The van der Waals surface area contributed by atoms with Crippen LogP contribution in [0, 0.1) is 0 Å². The number of furan rings is 2. The molecular formula is C45H26N4O2. The number of hydrogen-bond donors (Lipinski definition) is 0. The molecule has 0 atom stereocenters. The van der Waals surface area contributed by atoms with Gasteiger partial charge in [-0.3, -0.25) is 0 Å². The van der Waals surface area contributed by atoms with E-state index >= 15 is 0 Å². The number of nitrogens with zero attached hydrogens (tertiary/aromatic N) is 4. The molecule has 0 bridgehead atoms. The lowest BCUT2D eigenvalue weighted by Gasteiger charge is -2.09. The molecule has 51 heavy (non-hydrogen) atoms. The van der Waals surface area contributed by atoms with Gasteiger partial charge in [0.15, 0.2) is 17.5 Å². The van der Waals surface area contributed by atoms with E-state index in [2.05, 4.69) is 95.6 Å². The van der Waals surface area contributed by atoms with E-state index in [1.165, 1.54) is 21.8 Å². The molecule has 7 aromatic carbocycles. The largest absolute Gasteiger partial charge is 0.456 e. The Morgan fingerprint density at radius 3 is 1.80 bits per heavy atom. The van der Waals surface area contributed by atoms with Crippen molar-refractivity contribution < 1.29 is 8.83 Å². The van der Waals surface area contributed by atoms with Gasteiger partial charge >= 0.3 is 0 Å². The molecule has 0 spiro atoms. The highest BCUT2D eigenvalue weighted by Gasteiger charge is 2.19. The van der Waals surface area contributed by atoms with Crippen LogP contribution in [-0.4, -0.2) is 19.5 Å². The van der Waals surface area contributed by atoms with Crippen LogP contribution in [0.2, 0.25) is 0 Å². The number of aromatic nitrogens is 4.